The van der Waals surface area contributed by atoms with E-state index in [0.717, 1.165) is 37.6 Å². The van der Waals surface area contributed by atoms with Crippen LogP contribution in [0.25, 0.3) is 0 Å². The zero-order valence-electron chi connectivity index (χ0n) is 14.7. The third kappa shape index (κ3) is 6.20. The van der Waals surface area contributed by atoms with Gasteiger partial charge in [-0.3, -0.25) is 4.79 Å². The molecule has 0 saturated carbocycles. The van der Waals surface area contributed by atoms with Gasteiger partial charge in [-0.25, -0.2) is 0 Å². The Bertz CT molecular complexity index is 519. The molecule has 0 N–H and O–H groups in total. The Hall–Kier alpha value is -1.48. The van der Waals surface area contributed by atoms with Crippen LogP contribution in [0.1, 0.15) is 45.4 Å². The minimum atomic E-state index is 0.152. The minimum Gasteiger partial charge on any atom is -0.368 e. The number of nitrogens with zero attached hydrogens (tertiary/aromatic N) is 2. The molecule has 4 heteroatoms. The van der Waals surface area contributed by atoms with Crippen LogP contribution in [0.4, 0.5) is 5.69 Å². The fourth-order valence-electron chi connectivity index (χ4n) is 2.99. The molecule has 0 atom stereocenters. The highest BCUT2D eigenvalue weighted by Gasteiger charge is 2.19. The van der Waals surface area contributed by atoms with Crippen LogP contribution >= 0.6 is 11.6 Å². The number of benzene rings is 1. The highest BCUT2D eigenvalue weighted by atomic mass is 35.5. The van der Waals surface area contributed by atoms with Crippen LogP contribution in [0, 0.1) is 0 Å². The SMILES string of the molecule is CCCCCCC/C=C/C(=O)N1CCN(c2ccc(Cl)cc2)CC1. The van der Waals surface area contributed by atoms with Crippen molar-refractivity contribution in [3.05, 3.63) is 41.4 Å². The molecule has 0 radical (unpaired) electrons. The Labute approximate surface area is 151 Å². The lowest BCUT2D eigenvalue weighted by Crippen LogP contribution is -2.48. The van der Waals surface area contributed by atoms with Gasteiger partial charge in [0.2, 0.25) is 5.91 Å². The Morgan fingerprint density at radius 2 is 1.71 bits per heavy atom. The molecule has 132 valence electrons. The maximum absolute atomic E-state index is 12.2. The Morgan fingerprint density at radius 1 is 1.04 bits per heavy atom. The summed E-state index contributed by atoms with van der Waals surface area (Å²) in [5.74, 6) is 0.152. The van der Waals surface area contributed by atoms with E-state index in [1.54, 1.807) is 6.08 Å². The Kier molecular flexibility index (Phi) is 8.17. The van der Waals surface area contributed by atoms with E-state index >= 15 is 0 Å². The van der Waals surface area contributed by atoms with E-state index in [2.05, 4.69) is 11.8 Å². The molecule has 1 fully saturated rings. The van der Waals surface area contributed by atoms with Gasteiger partial charge in [0.05, 0.1) is 0 Å². The maximum atomic E-state index is 12.2. The Balaban J connectivity index is 1.67. The van der Waals surface area contributed by atoms with E-state index in [1.807, 2.05) is 35.2 Å². The van der Waals surface area contributed by atoms with Crippen molar-refractivity contribution in [2.45, 2.75) is 45.4 Å². The number of carbonyl (C=O) groups is 1. The van der Waals surface area contributed by atoms with Gasteiger partial charge in [-0.2, -0.15) is 0 Å². The number of hydrogen-bond donors (Lipinski definition) is 0. The number of piperazine rings is 1. The van der Waals surface area contributed by atoms with Crippen LogP contribution < -0.4 is 4.90 Å². The van der Waals surface area contributed by atoms with Crippen LogP contribution in [0.2, 0.25) is 5.02 Å². The molecular weight excluding hydrogens is 320 g/mol. The van der Waals surface area contributed by atoms with Gasteiger partial charge >= 0.3 is 0 Å². The predicted octanol–water partition coefficient (Wildman–Crippen LogP) is 4.91. The molecule has 1 heterocycles. The first-order chi connectivity index (χ1) is 11.7. The molecule has 3 nitrogen and oxygen atoms in total. The number of carbonyl (C=O) groups excluding carboxylic acids is 1. The first kappa shape index (κ1) is 18.9. The average molecular weight is 349 g/mol. The molecule has 1 aliphatic heterocycles. The van der Waals surface area contributed by atoms with Crippen LogP contribution in [-0.2, 0) is 4.79 Å². The molecule has 1 amide bonds. The van der Waals surface area contributed by atoms with Crippen molar-refractivity contribution in [1.29, 1.82) is 0 Å². The molecule has 24 heavy (non-hydrogen) atoms. The third-order valence-corrected chi connectivity index (χ3v) is 4.77. The normalized spacial score (nSPS) is 15.2. The lowest BCUT2D eigenvalue weighted by molar-refractivity contribution is -0.126. The van der Waals surface area contributed by atoms with Crippen LogP contribution in [0.5, 0.6) is 0 Å². The summed E-state index contributed by atoms with van der Waals surface area (Å²) in [5, 5.41) is 0.757. The summed E-state index contributed by atoms with van der Waals surface area (Å²) in [6.45, 7) is 5.53. The second kappa shape index (κ2) is 10.4. The quantitative estimate of drug-likeness (QED) is 0.492. The molecule has 1 aromatic carbocycles. The molecule has 0 spiro atoms. The van der Waals surface area contributed by atoms with E-state index in [0.29, 0.717) is 0 Å². The first-order valence-electron chi connectivity index (χ1n) is 9.16. The predicted molar refractivity (Wildman–Crippen MR) is 103 cm³/mol. The average Bonchev–Trinajstić information content (AvgIpc) is 2.61. The van der Waals surface area contributed by atoms with Gasteiger partial charge in [-0.1, -0.05) is 50.3 Å². The standard InChI is InChI=1S/C20H29ClN2O/c1-2-3-4-5-6-7-8-9-20(24)23-16-14-22(15-17-23)19-12-10-18(21)11-13-19/h8-13H,2-7,14-17H2,1H3/b9-8+. The van der Waals surface area contributed by atoms with Crippen molar-refractivity contribution >= 4 is 23.2 Å². The third-order valence-electron chi connectivity index (χ3n) is 4.52. The van der Waals surface area contributed by atoms with Gasteiger partial charge in [0, 0.05) is 36.9 Å². The summed E-state index contributed by atoms with van der Waals surface area (Å²) in [7, 11) is 0. The second-order valence-electron chi connectivity index (χ2n) is 6.39. The number of hydrogen-bond acceptors (Lipinski definition) is 2. The van der Waals surface area contributed by atoms with Gasteiger partial charge in [-0.05, 0) is 43.2 Å². The summed E-state index contributed by atoms with van der Waals surface area (Å²) in [6.07, 6.45) is 11.2. The van der Waals surface area contributed by atoms with Crippen LogP contribution in [-0.4, -0.2) is 37.0 Å². The molecule has 1 aromatic rings. The van der Waals surface area contributed by atoms with Crippen molar-refractivity contribution in [2.24, 2.45) is 0 Å². The maximum Gasteiger partial charge on any atom is 0.246 e. The molecule has 0 bridgehead atoms. The first-order valence-corrected chi connectivity index (χ1v) is 9.54. The van der Waals surface area contributed by atoms with Gasteiger partial charge in [0.25, 0.3) is 0 Å². The molecule has 0 aliphatic carbocycles. The molecule has 2 rings (SSSR count). The zero-order chi connectivity index (χ0) is 17.2. The summed E-state index contributed by atoms with van der Waals surface area (Å²) >= 11 is 5.93. The Morgan fingerprint density at radius 3 is 2.38 bits per heavy atom. The highest BCUT2D eigenvalue weighted by Crippen LogP contribution is 2.19. The lowest BCUT2D eigenvalue weighted by atomic mass is 10.1. The molecular formula is C20H29ClN2O. The smallest absolute Gasteiger partial charge is 0.246 e. The number of rotatable bonds is 8. The molecule has 0 unspecified atom stereocenters. The molecule has 0 aromatic heterocycles. The molecule has 1 saturated heterocycles. The van der Waals surface area contributed by atoms with Gasteiger partial charge in [-0.15, -0.1) is 0 Å². The number of unbranched alkanes of at least 4 members (excludes halogenated alkanes) is 5. The fraction of sp³-hybridized carbons (Fsp3) is 0.550. The van der Waals surface area contributed by atoms with Gasteiger partial charge in [0.15, 0.2) is 0 Å². The van der Waals surface area contributed by atoms with Gasteiger partial charge in [0.1, 0.15) is 0 Å². The van der Waals surface area contributed by atoms with Crippen molar-refractivity contribution in [3.63, 3.8) is 0 Å². The fourth-order valence-corrected chi connectivity index (χ4v) is 3.12. The van der Waals surface area contributed by atoms with Crippen molar-refractivity contribution in [1.82, 2.24) is 4.90 Å². The van der Waals surface area contributed by atoms with Crippen LogP contribution in [0.3, 0.4) is 0 Å². The largest absolute Gasteiger partial charge is 0.368 e. The van der Waals surface area contributed by atoms with Crippen molar-refractivity contribution < 1.29 is 4.79 Å². The van der Waals surface area contributed by atoms with E-state index in [1.165, 1.54) is 37.8 Å². The van der Waals surface area contributed by atoms with E-state index in [-0.39, 0.29) is 5.91 Å². The number of allylic oxidation sites excluding steroid dienone is 1. The van der Waals surface area contributed by atoms with Crippen LogP contribution in [0.15, 0.2) is 36.4 Å². The lowest BCUT2D eigenvalue weighted by Gasteiger charge is -2.35. The summed E-state index contributed by atoms with van der Waals surface area (Å²) in [4.78, 5) is 16.5. The summed E-state index contributed by atoms with van der Waals surface area (Å²) in [6, 6.07) is 7.91. The van der Waals surface area contributed by atoms with E-state index in [9.17, 15) is 4.79 Å². The number of amides is 1. The number of halogens is 1. The van der Waals surface area contributed by atoms with Gasteiger partial charge < -0.3 is 9.80 Å². The second-order valence-corrected chi connectivity index (χ2v) is 6.83. The topological polar surface area (TPSA) is 23.6 Å². The monoisotopic (exact) mass is 348 g/mol. The summed E-state index contributed by atoms with van der Waals surface area (Å²) in [5.41, 5.74) is 1.18. The minimum absolute atomic E-state index is 0.152. The highest BCUT2D eigenvalue weighted by molar-refractivity contribution is 6.30. The summed E-state index contributed by atoms with van der Waals surface area (Å²) < 4.78 is 0. The van der Waals surface area contributed by atoms with Crippen molar-refractivity contribution in [3.8, 4) is 0 Å². The van der Waals surface area contributed by atoms with E-state index < -0.39 is 0 Å². The van der Waals surface area contributed by atoms with E-state index in [4.69, 9.17) is 11.6 Å². The molecule has 1 aliphatic rings. The van der Waals surface area contributed by atoms with Crippen molar-refractivity contribution in [2.75, 3.05) is 31.1 Å². The number of anilines is 1. The zero-order valence-corrected chi connectivity index (χ0v) is 15.5.